The molecule has 1 fully saturated rings. The summed E-state index contributed by atoms with van der Waals surface area (Å²) < 4.78 is 0. The summed E-state index contributed by atoms with van der Waals surface area (Å²) in [5.74, 6) is 1.06. The third-order valence-electron chi connectivity index (χ3n) is 3.38. The lowest BCUT2D eigenvalue weighted by Crippen LogP contribution is -2.38. The van der Waals surface area contributed by atoms with E-state index >= 15 is 0 Å². The summed E-state index contributed by atoms with van der Waals surface area (Å²) >= 11 is 1.97. The first-order valence-electron chi connectivity index (χ1n) is 6.40. The van der Waals surface area contributed by atoms with Crippen LogP contribution in [-0.4, -0.2) is 34.1 Å². The zero-order valence-corrected chi connectivity index (χ0v) is 11.7. The molecule has 1 heterocycles. The summed E-state index contributed by atoms with van der Waals surface area (Å²) in [6.45, 7) is 3.86. The lowest BCUT2D eigenvalue weighted by Gasteiger charge is -2.34. The average Bonchev–Trinajstić information content (AvgIpc) is 2.46. The van der Waals surface area contributed by atoms with E-state index in [-0.39, 0.29) is 12.3 Å². The van der Waals surface area contributed by atoms with Crippen LogP contribution in [0.25, 0.3) is 0 Å². The van der Waals surface area contributed by atoms with Crippen LogP contribution in [0.1, 0.15) is 18.9 Å². The Morgan fingerprint density at radius 2 is 2.37 bits per heavy atom. The van der Waals surface area contributed by atoms with E-state index in [1.807, 2.05) is 11.8 Å². The molecule has 19 heavy (non-hydrogen) atoms. The normalized spacial score (nSPS) is 19.5. The lowest BCUT2D eigenvalue weighted by molar-refractivity contribution is -0.384. The van der Waals surface area contributed by atoms with E-state index in [0.717, 1.165) is 31.0 Å². The Balaban J connectivity index is 2.26. The molecule has 1 aromatic carbocycles. The molecule has 0 aliphatic carbocycles. The van der Waals surface area contributed by atoms with E-state index in [2.05, 4.69) is 11.8 Å². The monoisotopic (exact) mass is 282 g/mol. The van der Waals surface area contributed by atoms with Gasteiger partial charge >= 0.3 is 0 Å². The molecular formula is C13H18N2O3S. The van der Waals surface area contributed by atoms with Gasteiger partial charge in [0.1, 0.15) is 0 Å². The summed E-state index contributed by atoms with van der Waals surface area (Å²) in [4.78, 5) is 12.6. The maximum Gasteiger partial charge on any atom is 0.269 e. The lowest BCUT2D eigenvalue weighted by atomic mass is 10.1. The largest absolute Gasteiger partial charge is 0.392 e. The zero-order valence-electron chi connectivity index (χ0n) is 10.9. The van der Waals surface area contributed by atoms with E-state index < -0.39 is 4.92 Å². The van der Waals surface area contributed by atoms with Crippen molar-refractivity contribution in [3.63, 3.8) is 0 Å². The maximum atomic E-state index is 10.8. The highest BCUT2D eigenvalue weighted by Gasteiger charge is 2.22. The number of thioether (sulfide) groups is 1. The first-order valence-corrected chi connectivity index (χ1v) is 7.45. The molecular weight excluding hydrogens is 264 g/mol. The smallest absolute Gasteiger partial charge is 0.269 e. The highest BCUT2D eigenvalue weighted by atomic mass is 32.2. The van der Waals surface area contributed by atoms with E-state index in [9.17, 15) is 15.2 Å². The van der Waals surface area contributed by atoms with Crippen molar-refractivity contribution in [3.05, 3.63) is 33.9 Å². The van der Waals surface area contributed by atoms with Gasteiger partial charge in [-0.25, -0.2) is 0 Å². The van der Waals surface area contributed by atoms with E-state index in [1.165, 1.54) is 12.1 Å². The maximum absolute atomic E-state index is 10.8. The number of aliphatic hydroxyl groups is 1. The van der Waals surface area contributed by atoms with Gasteiger partial charge in [0, 0.05) is 47.5 Å². The van der Waals surface area contributed by atoms with Crippen molar-refractivity contribution in [3.8, 4) is 0 Å². The number of hydrogen-bond donors (Lipinski definition) is 1. The molecule has 1 aromatic rings. The molecule has 0 bridgehead atoms. The van der Waals surface area contributed by atoms with Crippen LogP contribution in [0.4, 0.5) is 11.4 Å². The minimum Gasteiger partial charge on any atom is -0.392 e. The summed E-state index contributed by atoms with van der Waals surface area (Å²) in [6, 6.07) is 4.74. The summed E-state index contributed by atoms with van der Waals surface area (Å²) in [5.41, 5.74) is 1.59. The Kier molecular flexibility index (Phi) is 4.66. The van der Waals surface area contributed by atoms with Crippen LogP contribution >= 0.6 is 11.8 Å². The number of nitro benzene ring substituents is 1. The quantitative estimate of drug-likeness (QED) is 0.678. The molecule has 0 spiro atoms. The highest BCUT2D eigenvalue weighted by Crippen LogP contribution is 2.30. The van der Waals surface area contributed by atoms with Crippen LogP contribution in [0, 0.1) is 10.1 Å². The fraction of sp³-hybridized carbons (Fsp3) is 0.538. The van der Waals surface area contributed by atoms with Crippen molar-refractivity contribution in [2.24, 2.45) is 0 Å². The Bertz CT molecular complexity index is 467. The van der Waals surface area contributed by atoms with Gasteiger partial charge in [-0.1, -0.05) is 6.92 Å². The number of non-ortho nitro benzene ring substituents is 1. The molecule has 0 amide bonds. The van der Waals surface area contributed by atoms with E-state index in [1.54, 1.807) is 6.07 Å². The first-order chi connectivity index (χ1) is 9.15. The van der Waals surface area contributed by atoms with Crippen molar-refractivity contribution in [2.45, 2.75) is 25.2 Å². The van der Waals surface area contributed by atoms with Crippen molar-refractivity contribution in [1.82, 2.24) is 0 Å². The second-order valence-electron chi connectivity index (χ2n) is 4.58. The van der Waals surface area contributed by atoms with Gasteiger partial charge < -0.3 is 10.0 Å². The molecule has 0 saturated carbocycles. The highest BCUT2D eigenvalue weighted by molar-refractivity contribution is 8.00. The van der Waals surface area contributed by atoms with Gasteiger partial charge in [0.2, 0.25) is 0 Å². The Morgan fingerprint density at radius 3 is 3.00 bits per heavy atom. The van der Waals surface area contributed by atoms with Crippen molar-refractivity contribution >= 4 is 23.1 Å². The van der Waals surface area contributed by atoms with Gasteiger partial charge in [0.05, 0.1) is 11.5 Å². The second kappa shape index (κ2) is 6.25. The van der Waals surface area contributed by atoms with E-state index in [4.69, 9.17) is 0 Å². The van der Waals surface area contributed by atoms with Gasteiger partial charge in [0.15, 0.2) is 0 Å². The van der Waals surface area contributed by atoms with Crippen LogP contribution in [0.5, 0.6) is 0 Å². The molecule has 0 aromatic heterocycles. The van der Waals surface area contributed by atoms with Crippen LogP contribution in [0.3, 0.4) is 0 Å². The second-order valence-corrected chi connectivity index (χ2v) is 5.98. The SMILES string of the molecule is CCC1CN(c2ccc([N+](=O)[O-])cc2CO)CCS1. The number of nitro groups is 1. The van der Waals surface area contributed by atoms with Gasteiger partial charge in [-0.3, -0.25) is 10.1 Å². The molecule has 1 aliphatic rings. The molecule has 5 nitrogen and oxygen atoms in total. The molecule has 1 unspecified atom stereocenters. The minimum absolute atomic E-state index is 0.0335. The van der Waals surface area contributed by atoms with Gasteiger partial charge in [-0.05, 0) is 12.5 Å². The number of aliphatic hydroxyl groups excluding tert-OH is 1. The summed E-state index contributed by atoms with van der Waals surface area (Å²) in [7, 11) is 0. The topological polar surface area (TPSA) is 66.6 Å². The van der Waals surface area contributed by atoms with Crippen LogP contribution in [0.2, 0.25) is 0 Å². The molecule has 1 saturated heterocycles. The number of anilines is 1. The average molecular weight is 282 g/mol. The predicted octanol–water partition coefficient (Wildman–Crippen LogP) is 2.42. The van der Waals surface area contributed by atoms with Crippen molar-refractivity contribution < 1.29 is 10.0 Å². The third kappa shape index (κ3) is 3.19. The first kappa shape index (κ1) is 14.1. The summed E-state index contributed by atoms with van der Waals surface area (Å²) in [6.07, 6.45) is 1.11. The number of rotatable bonds is 4. The van der Waals surface area contributed by atoms with Crippen molar-refractivity contribution in [2.75, 3.05) is 23.7 Å². The molecule has 0 radical (unpaired) electrons. The van der Waals surface area contributed by atoms with Gasteiger partial charge in [-0.15, -0.1) is 0 Å². The Morgan fingerprint density at radius 1 is 1.58 bits per heavy atom. The molecule has 6 heteroatoms. The fourth-order valence-corrected chi connectivity index (χ4v) is 3.49. The Labute approximate surface area is 116 Å². The molecule has 2 rings (SSSR count). The summed E-state index contributed by atoms with van der Waals surface area (Å²) in [5, 5.41) is 20.8. The molecule has 1 atom stereocenters. The van der Waals surface area contributed by atoms with Crippen molar-refractivity contribution in [1.29, 1.82) is 0 Å². The molecule has 104 valence electrons. The van der Waals surface area contributed by atoms with E-state index in [0.29, 0.717) is 10.8 Å². The molecule has 1 N–H and O–H groups in total. The third-order valence-corrected chi connectivity index (χ3v) is 4.75. The number of hydrogen-bond acceptors (Lipinski definition) is 5. The van der Waals surface area contributed by atoms with Gasteiger partial charge in [0.25, 0.3) is 5.69 Å². The minimum atomic E-state index is -0.427. The fourth-order valence-electron chi connectivity index (χ4n) is 2.31. The van der Waals surface area contributed by atoms with Crippen LogP contribution < -0.4 is 4.90 Å². The molecule has 1 aliphatic heterocycles. The van der Waals surface area contributed by atoms with Crippen LogP contribution in [0.15, 0.2) is 18.2 Å². The zero-order chi connectivity index (χ0) is 13.8. The number of nitrogens with zero attached hydrogens (tertiary/aromatic N) is 2. The van der Waals surface area contributed by atoms with Crippen LogP contribution in [-0.2, 0) is 6.61 Å². The number of benzene rings is 1. The standard InChI is InChI=1S/C13H18N2O3S/c1-2-12-8-14(5-6-19-12)13-4-3-11(15(17)18)7-10(13)9-16/h3-4,7,12,16H,2,5-6,8-9H2,1H3. The predicted molar refractivity (Wildman–Crippen MR) is 77.8 cm³/mol. The Hall–Kier alpha value is -1.27. The van der Waals surface area contributed by atoms with Gasteiger partial charge in [-0.2, -0.15) is 11.8 Å².